The minimum atomic E-state index is 0.599. The van der Waals surface area contributed by atoms with Gasteiger partial charge in [-0.3, -0.25) is 0 Å². The number of alkyl halides is 1. The van der Waals surface area contributed by atoms with Gasteiger partial charge in [0, 0.05) is 10.8 Å². The molecule has 0 aliphatic carbocycles. The van der Waals surface area contributed by atoms with Crippen molar-refractivity contribution in [3.8, 4) is 10.4 Å². The van der Waals surface area contributed by atoms with Gasteiger partial charge in [-0.05, 0) is 47.5 Å². The molecule has 0 saturated heterocycles. The predicted octanol–water partition coefficient (Wildman–Crippen LogP) is 4.77. The van der Waals surface area contributed by atoms with Crippen LogP contribution < -0.4 is 0 Å². The number of hydrogen-bond donors (Lipinski definition) is 0. The van der Waals surface area contributed by atoms with Gasteiger partial charge >= 0.3 is 0 Å². The van der Waals surface area contributed by atoms with E-state index in [1.165, 1.54) is 27.1 Å². The van der Waals surface area contributed by atoms with E-state index in [-0.39, 0.29) is 0 Å². The average molecular weight is 237 g/mol. The van der Waals surface area contributed by atoms with Crippen LogP contribution in [0.5, 0.6) is 0 Å². The molecule has 0 unspecified atom stereocenters. The standard InChI is InChI=1S/C13H13ClS/c1-9-3-4-12(5-10(9)2)13-6-11(7-14)8-15-13/h3-6,8H,7H2,1-2H3. The third-order valence-electron chi connectivity index (χ3n) is 2.60. The fraction of sp³-hybridized carbons (Fsp3) is 0.231. The van der Waals surface area contributed by atoms with Crippen LogP contribution in [0.2, 0.25) is 0 Å². The molecule has 1 aromatic carbocycles. The van der Waals surface area contributed by atoms with Gasteiger partial charge in [0.1, 0.15) is 0 Å². The van der Waals surface area contributed by atoms with Gasteiger partial charge in [-0.2, -0.15) is 0 Å². The van der Waals surface area contributed by atoms with E-state index in [9.17, 15) is 0 Å². The van der Waals surface area contributed by atoms with Crippen LogP contribution in [0.25, 0.3) is 10.4 Å². The molecule has 1 aromatic heterocycles. The molecule has 0 aliphatic heterocycles. The summed E-state index contributed by atoms with van der Waals surface area (Å²) in [6.45, 7) is 4.28. The molecule has 0 saturated carbocycles. The van der Waals surface area contributed by atoms with E-state index in [1.807, 2.05) is 0 Å². The van der Waals surface area contributed by atoms with Crippen molar-refractivity contribution in [1.29, 1.82) is 0 Å². The van der Waals surface area contributed by atoms with Crippen LogP contribution in [0.3, 0.4) is 0 Å². The molecule has 15 heavy (non-hydrogen) atoms. The number of benzene rings is 1. The van der Waals surface area contributed by atoms with E-state index in [0.717, 1.165) is 0 Å². The number of hydrogen-bond acceptors (Lipinski definition) is 1. The first kappa shape index (κ1) is 10.7. The third-order valence-corrected chi connectivity index (χ3v) is 3.94. The maximum absolute atomic E-state index is 5.79. The van der Waals surface area contributed by atoms with Crippen LogP contribution in [-0.2, 0) is 5.88 Å². The van der Waals surface area contributed by atoms with Gasteiger partial charge in [0.25, 0.3) is 0 Å². The highest BCUT2D eigenvalue weighted by molar-refractivity contribution is 7.13. The second-order valence-corrected chi connectivity index (χ2v) is 4.93. The Hall–Kier alpha value is -0.790. The summed E-state index contributed by atoms with van der Waals surface area (Å²) in [6, 6.07) is 8.75. The molecule has 0 amide bonds. The highest BCUT2D eigenvalue weighted by Crippen LogP contribution is 2.29. The first-order chi connectivity index (χ1) is 7.20. The zero-order chi connectivity index (χ0) is 10.8. The molecule has 0 atom stereocenters. The molecule has 0 aliphatic rings. The van der Waals surface area contributed by atoms with Crippen molar-refractivity contribution in [1.82, 2.24) is 0 Å². The Morgan fingerprint density at radius 3 is 2.53 bits per heavy atom. The van der Waals surface area contributed by atoms with E-state index in [0.29, 0.717) is 5.88 Å². The van der Waals surface area contributed by atoms with E-state index < -0.39 is 0 Å². The van der Waals surface area contributed by atoms with Crippen LogP contribution in [0.1, 0.15) is 16.7 Å². The topological polar surface area (TPSA) is 0 Å². The maximum atomic E-state index is 5.79. The highest BCUT2D eigenvalue weighted by Gasteiger charge is 2.03. The Balaban J connectivity index is 2.40. The zero-order valence-corrected chi connectivity index (χ0v) is 10.5. The third kappa shape index (κ3) is 2.24. The molecule has 2 heteroatoms. The summed E-state index contributed by atoms with van der Waals surface area (Å²) in [5.74, 6) is 0.599. The lowest BCUT2D eigenvalue weighted by Gasteiger charge is -2.02. The molecule has 0 radical (unpaired) electrons. The molecule has 2 aromatic rings. The fourth-order valence-corrected chi connectivity index (χ4v) is 2.65. The number of thiophene rings is 1. The molecule has 1 heterocycles. The summed E-state index contributed by atoms with van der Waals surface area (Å²) in [4.78, 5) is 1.30. The molecule has 0 spiro atoms. The molecule has 78 valence electrons. The van der Waals surface area contributed by atoms with Crippen molar-refractivity contribution in [2.24, 2.45) is 0 Å². The minimum Gasteiger partial charge on any atom is -0.143 e. The maximum Gasteiger partial charge on any atom is 0.0482 e. The molecule has 0 N–H and O–H groups in total. The molecule has 2 rings (SSSR count). The van der Waals surface area contributed by atoms with Gasteiger partial charge < -0.3 is 0 Å². The van der Waals surface area contributed by atoms with E-state index in [2.05, 4.69) is 43.5 Å². The van der Waals surface area contributed by atoms with E-state index >= 15 is 0 Å². The Labute approximate surface area is 99.5 Å². The molecule has 0 nitrogen and oxygen atoms in total. The normalized spacial score (nSPS) is 10.6. The SMILES string of the molecule is Cc1ccc(-c2cc(CCl)cs2)cc1C. The van der Waals surface area contributed by atoms with Gasteiger partial charge in [0.05, 0.1) is 0 Å². The predicted molar refractivity (Wildman–Crippen MR) is 68.8 cm³/mol. The molecular formula is C13H13ClS. The first-order valence-electron chi connectivity index (χ1n) is 4.91. The van der Waals surface area contributed by atoms with Crippen LogP contribution in [0.15, 0.2) is 29.6 Å². The van der Waals surface area contributed by atoms with Crippen LogP contribution in [-0.4, -0.2) is 0 Å². The number of halogens is 1. The van der Waals surface area contributed by atoms with Crippen LogP contribution in [0.4, 0.5) is 0 Å². The fourth-order valence-electron chi connectivity index (χ4n) is 1.49. The van der Waals surface area contributed by atoms with Crippen molar-refractivity contribution in [2.75, 3.05) is 0 Å². The van der Waals surface area contributed by atoms with Crippen LogP contribution in [0, 0.1) is 13.8 Å². The van der Waals surface area contributed by atoms with E-state index in [4.69, 9.17) is 11.6 Å². The van der Waals surface area contributed by atoms with Gasteiger partial charge in [-0.25, -0.2) is 0 Å². The Morgan fingerprint density at radius 2 is 1.93 bits per heavy atom. The van der Waals surface area contributed by atoms with Crippen molar-refractivity contribution < 1.29 is 0 Å². The highest BCUT2D eigenvalue weighted by atomic mass is 35.5. The number of aryl methyl sites for hydroxylation is 2. The lowest BCUT2D eigenvalue weighted by molar-refractivity contribution is 1.34. The molecule has 0 bridgehead atoms. The summed E-state index contributed by atoms with van der Waals surface area (Å²) in [5.41, 5.74) is 5.18. The van der Waals surface area contributed by atoms with E-state index in [1.54, 1.807) is 11.3 Å². The van der Waals surface area contributed by atoms with Crippen molar-refractivity contribution in [3.05, 3.63) is 46.3 Å². The van der Waals surface area contributed by atoms with Crippen molar-refractivity contribution >= 4 is 22.9 Å². The Kier molecular flexibility index (Phi) is 3.13. The quantitative estimate of drug-likeness (QED) is 0.659. The summed E-state index contributed by atoms with van der Waals surface area (Å²) in [5, 5.41) is 2.12. The Bertz CT molecular complexity index is 471. The minimum absolute atomic E-state index is 0.599. The lowest BCUT2D eigenvalue weighted by Crippen LogP contribution is -1.81. The summed E-state index contributed by atoms with van der Waals surface area (Å²) < 4.78 is 0. The summed E-state index contributed by atoms with van der Waals surface area (Å²) in [7, 11) is 0. The average Bonchev–Trinajstić information content (AvgIpc) is 2.70. The van der Waals surface area contributed by atoms with Crippen molar-refractivity contribution in [2.45, 2.75) is 19.7 Å². The smallest absolute Gasteiger partial charge is 0.0482 e. The Morgan fingerprint density at radius 1 is 1.13 bits per heavy atom. The van der Waals surface area contributed by atoms with Gasteiger partial charge in [0.2, 0.25) is 0 Å². The monoisotopic (exact) mass is 236 g/mol. The largest absolute Gasteiger partial charge is 0.143 e. The van der Waals surface area contributed by atoms with Gasteiger partial charge in [0.15, 0.2) is 0 Å². The summed E-state index contributed by atoms with van der Waals surface area (Å²) >= 11 is 7.55. The molecular weight excluding hydrogens is 224 g/mol. The zero-order valence-electron chi connectivity index (χ0n) is 8.88. The second kappa shape index (κ2) is 4.38. The number of rotatable bonds is 2. The van der Waals surface area contributed by atoms with Crippen LogP contribution >= 0.6 is 22.9 Å². The van der Waals surface area contributed by atoms with Gasteiger partial charge in [-0.15, -0.1) is 22.9 Å². The second-order valence-electron chi connectivity index (χ2n) is 3.75. The van der Waals surface area contributed by atoms with Gasteiger partial charge in [-0.1, -0.05) is 18.2 Å². The lowest BCUT2D eigenvalue weighted by atomic mass is 10.1. The molecule has 0 fully saturated rings. The van der Waals surface area contributed by atoms with Crippen molar-refractivity contribution in [3.63, 3.8) is 0 Å². The first-order valence-corrected chi connectivity index (χ1v) is 6.33. The summed E-state index contributed by atoms with van der Waals surface area (Å²) in [6.07, 6.45) is 0.